The predicted octanol–water partition coefficient (Wildman–Crippen LogP) is 0.632. The average Bonchev–Trinajstić information content (AvgIpc) is 2.22. The molecule has 0 radical (unpaired) electrons. The van der Waals surface area contributed by atoms with Gasteiger partial charge in [0.1, 0.15) is 0 Å². The fraction of sp³-hybridized carbons (Fsp3) is 1.00. The van der Waals surface area contributed by atoms with E-state index in [0.29, 0.717) is 13.1 Å². The zero-order valence-electron chi connectivity index (χ0n) is 10.8. The highest BCUT2D eigenvalue weighted by atomic mass is 32.2. The molecule has 0 unspecified atom stereocenters. The largest absolute Gasteiger partial charge is 0.330 e. The normalized spacial score (nSPS) is 13.0. The van der Waals surface area contributed by atoms with Crippen molar-refractivity contribution < 1.29 is 8.42 Å². The highest BCUT2D eigenvalue weighted by Crippen LogP contribution is 2.09. The van der Waals surface area contributed by atoms with Crippen molar-refractivity contribution in [3.05, 3.63) is 0 Å². The van der Waals surface area contributed by atoms with Crippen LogP contribution in [0.2, 0.25) is 0 Å². The molecule has 0 aromatic carbocycles. The molecule has 2 N–H and O–H groups in total. The summed E-state index contributed by atoms with van der Waals surface area (Å²) in [7, 11) is -0.0608. The topological polar surface area (TPSA) is 66.6 Å². The summed E-state index contributed by atoms with van der Waals surface area (Å²) in [6.45, 7) is 4.95. The molecule has 0 aliphatic rings. The van der Waals surface area contributed by atoms with E-state index >= 15 is 0 Å². The lowest BCUT2D eigenvalue weighted by Gasteiger charge is -2.26. The number of hydrogen-bond acceptors (Lipinski definition) is 3. The maximum atomic E-state index is 12.0. The highest BCUT2D eigenvalue weighted by molar-refractivity contribution is 7.86. The van der Waals surface area contributed by atoms with Gasteiger partial charge in [-0.3, -0.25) is 0 Å². The second-order valence-corrected chi connectivity index (χ2v) is 6.38. The molecule has 0 amide bonds. The van der Waals surface area contributed by atoms with Gasteiger partial charge in [0.25, 0.3) is 10.2 Å². The molecule has 98 valence electrons. The lowest BCUT2D eigenvalue weighted by atomic mass is 10.2. The van der Waals surface area contributed by atoms with Crippen LogP contribution in [0.3, 0.4) is 0 Å². The maximum Gasteiger partial charge on any atom is 0.281 e. The Labute approximate surface area is 99.8 Å². The van der Waals surface area contributed by atoms with Gasteiger partial charge in [-0.2, -0.15) is 17.0 Å². The molecule has 5 nitrogen and oxygen atoms in total. The van der Waals surface area contributed by atoms with Gasteiger partial charge in [-0.1, -0.05) is 6.42 Å². The van der Waals surface area contributed by atoms with Crippen LogP contribution in [0, 0.1) is 0 Å². The van der Waals surface area contributed by atoms with E-state index in [1.807, 2.05) is 13.8 Å². The fourth-order valence-corrected chi connectivity index (χ4v) is 2.59. The second-order valence-electron chi connectivity index (χ2n) is 4.29. The first-order valence-electron chi connectivity index (χ1n) is 5.73. The van der Waals surface area contributed by atoms with Crippen LogP contribution in [0.4, 0.5) is 0 Å². The van der Waals surface area contributed by atoms with Gasteiger partial charge >= 0.3 is 0 Å². The summed E-state index contributed by atoms with van der Waals surface area (Å²) in [5, 5.41) is 0. The number of nitrogens with two attached hydrogens (primary N) is 1. The van der Waals surface area contributed by atoms with E-state index in [1.54, 1.807) is 14.1 Å². The minimum Gasteiger partial charge on any atom is -0.330 e. The van der Waals surface area contributed by atoms with Gasteiger partial charge in [-0.25, -0.2) is 0 Å². The Hall–Kier alpha value is -0.170. The molecule has 0 saturated heterocycles. The predicted molar refractivity (Wildman–Crippen MR) is 67.4 cm³/mol. The standard InChI is InChI=1S/C10H25N3O2S/c1-10(2)13(4)16(14,15)12(3)9-7-5-6-8-11/h10H,5-9,11H2,1-4H3. The Kier molecular flexibility index (Phi) is 7.14. The molecular formula is C10H25N3O2S. The van der Waals surface area contributed by atoms with Crippen molar-refractivity contribution in [1.82, 2.24) is 8.61 Å². The molecule has 0 aliphatic heterocycles. The molecule has 16 heavy (non-hydrogen) atoms. The van der Waals surface area contributed by atoms with E-state index in [2.05, 4.69) is 0 Å². The number of unbranched alkanes of at least 4 members (excludes halogenated alkanes) is 2. The third-order valence-corrected chi connectivity index (χ3v) is 4.78. The number of rotatable bonds is 8. The van der Waals surface area contributed by atoms with Crippen LogP contribution in [-0.2, 0) is 10.2 Å². The number of hydrogen-bond donors (Lipinski definition) is 1. The third-order valence-electron chi connectivity index (χ3n) is 2.66. The smallest absolute Gasteiger partial charge is 0.281 e. The van der Waals surface area contributed by atoms with E-state index in [1.165, 1.54) is 8.61 Å². The summed E-state index contributed by atoms with van der Waals surface area (Å²) in [6, 6.07) is -0.0171. The van der Waals surface area contributed by atoms with Crippen LogP contribution in [0.1, 0.15) is 33.1 Å². The van der Waals surface area contributed by atoms with Crippen molar-refractivity contribution in [1.29, 1.82) is 0 Å². The van der Waals surface area contributed by atoms with Crippen LogP contribution < -0.4 is 5.73 Å². The van der Waals surface area contributed by atoms with Crippen LogP contribution in [0.5, 0.6) is 0 Å². The third kappa shape index (κ3) is 4.78. The first-order valence-corrected chi connectivity index (χ1v) is 7.13. The van der Waals surface area contributed by atoms with Gasteiger partial charge in [-0.05, 0) is 33.2 Å². The molecule has 0 aliphatic carbocycles. The van der Waals surface area contributed by atoms with Crippen molar-refractivity contribution in [3.8, 4) is 0 Å². The summed E-state index contributed by atoms with van der Waals surface area (Å²) < 4.78 is 26.7. The van der Waals surface area contributed by atoms with E-state index in [9.17, 15) is 8.42 Å². The molecule has 0 heterocycles. The van der Waals surface area contributed by atoms with Crippen LogP contribution >= 0.6 is 0 Å². The molecule has 0 aromatic rings. The zero-order chi connectivity index (χ0) is 12.8. The summed E-state index contributed by atoms with van der Waals surface area (Å²) >= 11 is 0. The van der Waals surface area contributed by atoms with E-state index in [-0.39, 0.29) is 6.04 Å². The first kappa shape index (κ1) is 15.8. The lowest BCUT2D eigenvalue weighted by molar-refractivity contribution is 0.354. The van der Waals surface area contributed by atoms with Crippen molar-refractivity contribution >= 4 is 10.2 Å². The van der Waals surface area contributed by atoms with E-state index < -0.39 is 10.2 Å². The molecule has 0 rings (SSSR count). The van der Waals surface area contributed by atoms with Crippen LogP contribution in [0.25, 0.3) is 0 Å². The summed E-state index contributed by atoms with van der Waals surface area (Å²) in [5.74, 6) is 0. The van der Waals surface area contributed by atoms with Crippen molar-refractivity contribution in [3.63, 3.8) is 0 Å². The zero-order valence-corrected chi connectivity index (χ0v) is 11.6. The highest BCUT2D eigenvalue weighted by Gasteiger charge is 2.24. The minimum atomic E-state index is -3.29. The second kappa shape index (κ2) is 7.21. The molecule has 0 fully saturated rings. The van der Waals surface area contributed by atoms with Gasteiger partial charge < -0.3 is 5.73 Å². The van der Waals surface area contributed by atoms with E-state index in [0.717, 1.165) is 19.3 Å². The molecule has 0 spiro atoms. The molecule has 6 heteroatoms. The van der Waals surface area contributed by atoms with Crippen molar-refractivity contribution in [2.45, 2.75) is 39.2 Å². The Morgan fingerprint density at radius 3 is 2.12 bits per heavy atom. The van der Waals surface area contributed by atoms with Gasteiger partial charge in [0.15, 0.2) is 0 Å². The summed E-state index contributed by atoms with van der Waals surface area (Å²) in [5.41, 5.74) is 5.38. The molecule has 0 bridgehead atoms. The summed E-state index contributed by atoms with van der Waals surface area (Å²) in [6.07, 6.45) is 2.79. The quantitative estimate of drug-likeness (QED) is 0.644. The van der Waals surface area contributed by atoms with Crippen molar-refractivity contribution in [2.75, 3.05) is 27.2 Å². The van der Waals surface area contributed by atoms with E-state index in [4.69, 9.17) is 5.73 Å². The van der Waals surface area contributed by atoms with Crippen molar-refractivity contribution in [2.24, 2.45) is 5.73 Å². The Bertz CT molecular complexity index is 278. The van der Waals surface area contributed by atoms with Crippen LogP contribution in [0.15, 0.2) is 0 Å². The molecule has 0 atom stereocenters. The Balaban J connectivity index is 4.20. The monoisotopic (exact) mass is 251 g/mol. The summed E-state index contributed by atoms with van der Waals surface area (Å²) in [4.78, 5) is 0. The lowest BCUT2D eigenvalue weighted by Crippen LogP contribution is -2.43. The Morgan fingerprint density at radius 2 is 1.69 bits per heavy atom. The molecular weight excluding hydrogens is 226 g/mol. The van der Waals surface area contributed by atoms with Gasteiger partial charge in [-0.15, -0.1) is 0 Å². The van der Waals surface area contributed by atoms with Gasteiger partial charge in [0, 0.05) is 26.7 Å². The fourth-order valence-electron chi connectivity index (χ4n) is 1.26. The number of nitrogens with zero attached hydrogens (tertiary/aromatic N) is 2. The average molecular weight is 251 g/mol. The van der Waals surface area contributed by atoms with Gasteiger partial charge in [0.2, 0.25) is 0 Å². The first-order chi connectivity index (χ1) is 7.34. The SMILES string of the molecule is CC(C)N(C)S(=O)(=O)N(C)CCCCCN. The molecule has 0 aromatic heterocycles. The molecule has 0 saturated carbocycles. The van der Waals surface area contributed by atoms with Crippen LogP contribution in [-0.4, -0.2) is 50.3 Å². The maximum absolute atomic E-state index is 12.0. The Morgan fingerprint density at radius 1 is 1.12 bits per heavy atom. The minimum absolute atomic E-state index is 0.0171. The van der Waals surface area contributed by atoms with Gasteiger partial charge in [0.05, 0.1) is 0 Å².